The van der Waals surface area contributed by atoms with Gasteiger partial charge < -0.3 is 9.47 Å². The second kappa shape index (κ2) is 7.04. The number of carbonyl (C=O) groups is 3. The van der Waals surface area contributed by atoms with Crippen LogP contribution in [0.5, 0.6) is 0 Å². The first kappa shape index (κ1) is 17.6. The van der Waals surface area contributed by atoms with Gasteiger partial charge in [0.2, 0.25) is 0 Å². The third-order valence-corrected chi connectivity index (χ3v) is 4.19. The molecule has 4 atom stereocenters. The number of nitrogens with zero attached hydrogens (tertiary/aromatic N) is 2. The molecule has 0 radical (unpaired) electrons. The molecular weight excluding hydrogens is 288 g/mol. The van der Waals surface area contributed by atoms with Crippen LogP contribution in [0.4, 0.5) is 0 Å². The van der Waals surface area contributed by atoms with Gasteiger partial charge in [0.05, 0.1) is 26.4 Å². The smallest absolute Gasteiger partial charge is 0.328 e. The Morgan fingerprint density at radius 2 is 1.95 bits per heavy atom. The van der Waals surface area contributed by atoms with Crippen LogP contribution >= 0.6 is 0 Å². The van der Waals surface area contributed by atoms with E-state index in [0.717, 1.165) is 14.2 Å². The average molecular weight is 306 g/mol. The lowest BCUT2D eigenvalue weighted by Crippen LogP contribution is -2.51. The van der Waals surface area contributed by atoms with E-state index in [-0.39, 0.29) is 24.5 Å². The molecule has 7 heteroatoms. The highest BCUT2D eigenvalue weighted by Crippen LogP contribution is 2.44. The van der Waals surface area contributed by atoms with E-state index in [1.807, 2.05) is 6.92 Å². The number of esters is 2. The third-order valence-electron chi connectivity index (χ3n) is 4.19. The summed E-state index contributed by atoms with van der Waals surface area (Å²) in [7, 11) is 2.11. The molecule has 0 spiro atoms. The molecule has 1 fully saturated rings. The van der Waals surface area contributed by atoms with Crippen LogP contribution in [0.15, 0.2) is 0 Å². The molecule has 1 aliphatic carbocycles. The number of carbonyl (C=O) groups excluding carboxylic acids is 3. The first-order valence-corrected chi connectivity index (χ1v) is 6.88. The Hall–Kier alpha value is -2.41. The Bertz CT molecular complexity index is 559. The number of rotatable bonds is 4. The number of ether oxygens (including phenoxy) is 2. The molecule has 1 rings (SSSR count). The van der Waals surface area contributed by atoms with Gasteiger partial charge in [0.1, 0.15) is 5.78 Å². The zero-order chi connectivity index (χ0) is 16.9. The van der Waals surface area contributed by atoms with Crippen molar-refractivity contribution in [1.29, 1.82) is 10.5 Å². The van der Waals surface area contributed by atoms with Gasteiger partial charge in [-0.1, -0.05) is 6.92 Å². The highest BCUT2D eigenvalue weighted by atomic mass is 16.5. The van der Waals surface area contributed by atoms with Gasteiger partial charge in [-0.3, -0.25) is 14.4 Å². The first-order chi connectivity index (χ1) is 10.4. The van der Waals surface area contributed by atoms with Crippen molar-refractivity contribution in [3.63, 3.8) is 0 Å². The monoisotopic (exact) mass is 306 g/mol. The zero-order valence-electron chi connectivity index (χ0n) is 12.8. The molecule has 0 aromatic carbocycles. The van der Waals surface area contributed by atoms with Gasteiger partial charge >= 0.3 is 11.9 Å². The van der Waals surface area contributed by atoms with Crippen molar-refractivity contribution in [3.8, 4) is 12.1 Å². The first-order valence-electron chi connectivity index (χ1n) is 6.88. The SMILES string of the molecule is COC(=O)[C@H](C#N)[C@](C#N)(C(=O)OC)[C@@H]1C[C@H](C)CCC1=O. The fourth-order valence-corrected chi connectivity index (χ4v) is 2.93. The van der Waals surface area contributed by atoms with Gasteiger partial charge in [0, 0.05) is 12.3 Å². The summed E-state index contributed by atoms with van der Waals surface area (Å²) in [6, 6.07) is 3.38. The standard InChI is InChI=1S/C15H18N2O5/c1-9-4-5-12(18)10(6-9)15(8-17,14(20)22-3)11(7-16)13(19)21-2/h9-11H,4-6H2,1-3H3/t9-,10-,11+,15-/m1/s1. The van der Waals surface area contributed by atoms with E-state index in [0.29, 0.717) is 6.42 Å². The summed E-state index contributed by atoms with van der Waals surface area (Å²) in [6.45, 7) is 1.89. The molecule has 1 aliphatic rings. The minimum absolute atomic E-state index is 0.0945. The third kappa shape index (κ3) is 2.80. The summed E-state index contributed by atoms with van der Waals surface area (Å²) in [5, 5.41) is 18.9. The summed E-state index contributed by atoms with van der Waals surface area (Å²) < 4.78 is 9.18. The molecule has 0 saturated heterocycles. The highest BCUT2D eigenvalue weighted by molar-refractivity contribution is 5.96. The van der Waals surface area contributed by atoms with Gasteiger partial charge in [0.15, 0.2) is 11.3 Å². The highest BCUT2D eigenvalue weighted by Gasteiger charge is 2.60. The van der Waals surface area contributed by atoms with Gasteiger partial charge in [-0.25, -0.2) is 0 Å². The van der Waals surface area contributed by atoms with Crippen molar-refractivity contribution in [1.82, 2.24) is 0 Å². The number of nitriles is 2. The van der Waals surface area contributed by atoms with Crippen LogP contribution in [0.3, 0.4) is 0 Å². The largest absolute Gasteiger partial charge is 0.468 e. The summed E-state index contributed by atoms with van der Waals surface area (Å²) in [5.41, 5.74) is -2.18. The maximum absolute atomic E-state index is 12.3. The number of hydrogen-bond acceptors (Lipinski definition) is 7. The topological polar surface area (TPSA) is 117 Å². The van der Waals surface area contributed by atoms with Gasteiger partial charge in [-0.05, 0) is 18.8 Å². The normalized spacial score (nSPS) is 25.0. The molecule has 0 bridgehead atoms. The molecule has 7 nitrogen and oxygen atoms in total. The van der Waals surface area contributed by atoms with Crippen molar-refractivity contribution in [2.45, 2.75) is 26.2 Å². The van der Waals surface area contributed by atoms with Crippen molar-refractivity contribution < 1.29 is 23.9 Å². The van der Waals surface area contributed by atoms with Crippen LogP contribution in [0.25, 0.3) is 0 Å². The summed E-state index contributed by atoms with van der Waals surface area (Å²) in [5.74, 6) is -5.07. The average Bonchev–Trinajstić information content (AvgIpc) is 2.53. The molecule has 1 saturated carbocycles. The summed E-state index contributed by atoms with van der Waals surface area (Å²) in [6.07, 6.45) is 1.09. The number of hydrogen-bond donors (Lipinski definition) is 0. The van der Waals surface area contributed by atoms with Crippen LogP contribution in [0.1, 0.15) is 26.2 Å². The number of ketones is 1. The molecular formula is C15H18N2O5. The predicted octanol–water partition coefficient (Wildman–Crippen LogP) is 0.987. The van der Waals surface area contributed by atoms with E-state index in [4.69, 9.17) is 0 Å². The number of Topliss-reactive ketones (excluding diaryl/α,β-unsaturated/α-hetero) is 1. The predicted molar refractivity (Wildman–Crippen MR) is 72.7 cm³/mol. The van der Waals surface area contributed by atoms with Gasteiger partial charge in [0.25, 0.3) is 0 Å². The Balaban J connectivity index is 3.49. The Kier molecular flexibility index (Phi) is 5.64. The van der Waals surface area contributed by atoms with E-state index in [2.05, 4.69) is 9.47 Å². The maximum atomic E-state index is 12.3. The molecule has 0 heterocycles. The van der Waals surface area contributed by atoms with E-state index >= 15 is 0 Å². The van der Waals surface area contributed by atoms with Crippen molar-refractivity contribution >= 4 is 17.7 Å². The lowest BCUT2D eigenvalue weighted by molar-refractivity contribution is -0.166. The van der Waals surface area contributed by atoms with Crippen LogP contribution in [0, 0.1) is 45.8 Å². The van der Waals surface area contributed by atoms with Crippen molar-refractivity contribution in [2.24, 2.45) is 23.2 Å². The lowest BCUT2D eigenvalue weighted by Gasteiger charge is -2.37. The summed E-state index contributed by atoms with van der Waals surface area (Å²) >= 11 is 0. The zero-order valence-corrected chi connectivity index (χ0v) is 12.8. The van der Waals surface area contributed by atoms with Crippen LogP contribution in [0.2, 0.25) is 0 Å². The quantitative estimate of drug-likeness (QED) is 0.710. The Morgan fingerprint density at radius 3 is 2.41 bits per heavy atom. The second-order valence-corrected chi connectivity index (χ2v) is 5.46. The van der Waals surface area contributed by atoms with Crippen molar-refractivity contribution in [3.05, 3.63) is 0 Å². The minimum Gasteiger partial charge on any atom is -0.468 e. The minimum atomic E-state index is -2.18. The van der Waals surface area contributed by atoms with Gasteiger partial charge in [-0.2, -0.15) is 10.5 Å². The number of methoxy groups -OCH3 is 2. The molecule has 0 aliphatic heterocycles. The molecule has 0 unspecified atom stereocenters. The summed E-state index contributed by atoms with van der Waals surface area (Å²) in [4.78, 5) is 36.4. The fraction of sp³-hybridized carbons (Fsp3) is 0.667. The van der Waals surface area contributed by atoms with Crippen LogP contribution in [-0.2, 0) is 23.9 Å². The Labute approximate surface area is 128 Å². The van der Waals surface area contributed by atoms with E-state index in [1.165, 1.54) is 0 Å². The molecule has 118 valence electrons. The molecule has 0 aromatic rings. The maximum Gasteiger partial charge on any atom is 0.328 e. The van der Waals surface area contributed by atoms with Crippen molar-refractivity contribution in [2.75, 3.05) is 14.2 Å². The van der Waals surface area contributed by atoms with E-state index in [1.54, 1.807) is 12.1 Å². The van der Waals surface area contributed by atoms with Crippen LogP contribution in [-0.4, -0.2) is 31.9 Å². The Morgan fingerprint density at radius 1 is 1.32 bits per heavy atom. The molecule has 0 aromatic heterocycles. The van der Waals surface area contributed by atoms with Gasteiger partial charge in [-0.15, -0.1) is 0 Å². The van der Waals surface area contributed by atoms with Crippen LogP contribution < -0.4 is 0 Å². The molecule has 22 heavy (non-hydrogen) atoms. The molecule has 0 amide bonds. The lowest BCUT2D eigenvalue weighted by atomic mass is 9.61. The fourth-order valence-electron chi connectivity index (χ4n) is 2.93. The van der Waals surface area contributed by atoms with E-state index < -0.39 is 29.2 Å². The van der Waals surface area contributed by atoms with E-state index in [9.17, 15) is 24.9 Å². The second-order valence-electron chi connectivity index (χ2n) is 5.46. The molecule has 0 N–H and O–H groups in total.